The van der Waals surface area contributed by atoms with E-state index in [1.54, 1.807) is 11.7 Å². The van der Waals surface area contributed by atoms with Crippen molar-refractivity contribution in [1.82, 2.24) is 25.5 Å². The summed E-state index contributed by atoms with van der Waals surface area (Å²) >= 11 is 0. The molecule has 1 aromatic carbocycles. The van der Waals surface area contributed by atoms with Gasteiger partial charge in [0.15, 0.2) is 5.82 Å². The molecule has 22 heavy (non-hydrogen) atoms. The van der Waals surface area contributed by atoms with E-state index >= 15 is 0 Å². The third-order valence-electron chi connectivity index (χ3n) is 3.25. The van der Waals surface area contributed by atoms with Crippen molar-refractivity contribution in [1.29, 1.82) is 0 Å². The molecule has 8 nitrogen and oxygen atoms in total. The van der Waals surface area contributed by atoms with E-state index in [0.717, 1.165) is 5.56 Å². The molecule has 1 aromatic heterocycles. The molecule has 9 heteroatoms. The average Bonchev–Trinajstić information content (AvgIpc) is 2.94. The highest BCUT2D eigenvalue weighted by molar-refractivity contribution is 5.95. The standard InChI is InChI=1S/C13H16N6O2.ClH/c1-19-12(16-17-18-19)9-3-2-4-10(7-9)15-13(20)11-8-21-6-5-14-11;/h2-4,7,11,14H,5-6,8H2,1H3,(H,15,20);1H. The van der Waals surface area contributed by atoms with Crippen LogP contribution in [0.15, 0.2) is 24.3 Å². The number of amides is 1. The van der Waals surface area contributed by atoms with Crippen LogP contribution in [-0.4, -0.2) is 51.9 Å². The van der Waals surface area contributed by atoms with E-state index in [2.05, 4.69) is 26.2 Å². The smallest absolute Gasteiger partial charge is 0.243 e. The Morgan fingerprint density at radius 3 is 3.05 bits per heavy atom. The second-order valence-electron chi connectivity index (χ2n) is 4.78. The van der Waals surface area contributed by atoms with Crippen LogP contribution in [0.5, 0.6) is 0 Å². The molecule has 1 unspecified atom stereocenters. The number of tetrazole rings is 1. The van der Waals surface area contributed by atoms with E-state index in [1.165, 1.54) is 0 Å². The van der Waals surface area contributed by atoms with Crippen LogP contribution in [0.3, 0.4) is 0 Å². The molecule has 3 rings (SSSR count). The van der Waals surface area contributed by atoms with Gasteiger partial charge in [0.2, 0.25) is 5.91 Å². The molecular weight excluding hydrogens is 308 g/mol. The zero-order valence-electron chi connectivity index (χ0n) is 12.0. The third-order valence-corrected chi connectivity index (χ3v) is 3.25. The van der Waals surface area contributed by atoms with Gasteiger partial charge >= 0.3 is 0 Å². The predicted octanol–water partition coefficient (Wildman–Crippen LogP) is 0.226. The molecule has 1 saturated heterocycles. The van der Waals surface area contributed by atoms with Gasteiger partial charge in [0.25, 0.3) is 0 Å². The third kappa shape index (κ3) is 3.59. The van der Waals surface area contributed by atoms with Crippen LogP contribution in [-0.2, 0) is 16.6 Å². The minimum atomic E-state index is -0.320. The monoisotopic (exact) mass is 324 g/mol. The van der Waals surface area contributed by atoms with Gasteiger partial charge in [0.1, 0.15) is 6.04 Å². The van der Waals surface area contributed by atoms with E-state index in [4.69, 9.17) is 4.74 Å². The van der Waals surface area contributed by atoms with Crippen LogP contribution in [0.1, 0.15) is 0 Å². The Kier molecular flexibility index (Phi) is 5.42. The summed E-state index contributed by atoms with van der Waals surface area (Å²) in [5.74, 6) is 0.535. The Morgan fingerprint density at radius 1 is 1.50 bits per heavy atom. The number of morpholine rings is 1. The first-order valence-corrected chi connectivity index (χ1v) is 6.69. The number of ether oxygens (including phenoxy) is 1. The van der Waals surface area contributed by atoms with E-state index in [9.17, 15) is 4.79 Å². The van der Waals surface area contributed by atoms with Crippen molar-refractivity contribution >= 4 is 24.0 Å². The SMILES string of the molecule is Cl.Cn1nnnc1-c1cccc(NC(=O)C2COCCN2)c1. The Labute approximate surface area is 133 Å². The first-order chi connectivity index (χ1) is 10.2. The fourth-order valence-corrected chi connectivity index (χ4v) is 2.17. The van der Waals surface area contributed by atoms with Gasteiger partial charge < -0.3 is 15.4 Å². The largest absolute Gasteiger partial charge is 0.378 e. The van der Waals surface area contributed by atoms with Gasteiger partial charge in [-0.3, -0.25) is 4.79 Å². The number of benzene rings is 1. The van der Waals surface area contributed by atoms with Crippen molar-refractivity contribution in [2.75, 3.05) is 25.1 Å². The summed E-state index contributed by atoms with van der Waals surface area (Å²) in [5, 5.41) is 17.4. The van der Waals surface area contributed by atoms with Gasteiger partial charge in [0, 0.05) is 24.8 Å². The van der Waals surface area contributed by atoms with Gasteiger partial charge in [-0.05, 0) is 22.6 Å². The van der Waals surface area contributed by atoms with Crippen LogP contribution in [0.25, 0.3) is 11.4 Å². The van der Waals surface area contributed by atoms with Gasteiger partial charge in [-0.25, -0.2) is 4.68 Å². The van der Waals surface area contributed by atoms with Crippen LogP contribution >= 0.6 is 12.4 Å². The second-order valence-corrected chi connectivity index (χ2v) is 4.78. The lowest BCUT2D eigenvalue weighted by Crippen LogP contribution is -2.48. The van der Waals surface area contributed by atoms with Crippen LogP contribution in [0, 0.1) is 0 Å². The number of carbonyl (C=O) groups excluding carboxylic acids is 1. The van der Waals surface area contributed by atoms with Crippen molar-refractivity contribution in [3.05, 3.63) is 24.3 Å². The Hall–Kier alpha value is -2.03. The summed E-state index contributed by atoms with van der Waals surface area (Å²) in [6.45, 7) is 1.71. The minimum absolute atomic E-state index is 0. The predicted molar refractivity (Wildman–Crippen MR) is 82.7 cm³/mol. The molecule has 0 saturated carbocycles. The first kappa shape index (κ1) is 16.3. The Morgan fingerprint density at radius 2 is 2.36 bits per heavy atom. The number of nitrogens with one attached hydrogen (secondary N) is 2. The van der Waals surface area contributed by atoms with Crippen molar-refractivity contribution in [3.8, 4) is 11.4 Å². The topological polar surface area (TPSA) is 94.0 Å². The molecule has 1 amide bonds. The molecule has 2 aromatic rings. The average molecular weight is 325 g/mol. The highest BCUT2D eigenvalue weighted by Crippen LogP contribution is 2.19. The quantitative estimate of drug-likeness (QED) is 0.839. The number of hydrogen-bond acceptors (Lipinski definition) is 6. The van der Waals surface area contributed by atoms with Gasteiger partial charge in [-0.2, -0.15) is 0 Å². The molecule has 1 aliphatic heterocycles. The summed E-state index contributed by atoms with van der Waals surface area (Å²) in [6, 6.07) is 7.09. The lowest BCUT2D eigenvalue weighted by molar-refractivity contribution is -0.120. The second kappa shape index (κ2) is 7.30. The summed E-state index contributed by atoms with van der Waals surface area (Å²) < 4.78 is 6.87. The van der Waals surface area contributed by atoms with E-state index < -0.39 is 0 Å². The van der Waals surface area contributed by atoms with Gasteiger partial charge in [-0.1, -0.05) is 12.1 Å². The van der Waals surface area contributed by atoms with Gasteiger partial charge in [0.05, 0.1) is 13.2 Å². The van der Waals surface area contributed by atoms with Crippen molar-refractivity contribution < 1.29 is 9.53 Å². The lowest BCUT2D eigenvalue weighted by Gasteiger charge is -2.22. The molecule has 1 aliphatic rings. The zero-order valence-corrected chi connectivity index (χ0v) is 12.8. The fourth-order valence-electron chi connectivity index (χ4n) is 2.17. The summed E-state index contributed by atoms with van der Waals surface area (Å²) in [7, 11) is 1.77. The van der Waals surface area contributed by atoms with Crippen molar-refractivity contribution in [2.24, 2.45) is 7.05 Å². The van der Waals surface area contributed by atoms with E-state index in [0.29, 0.717) is 31.3 Å². The number of nitrogens with zero attached hydrogens (tertiary/aromatic N) is 4. The Balaban J connectivity index is 0.00000176. The van der Waals surface area contributed by atoms with E-state index in [1.807, 2.05) is 24.3 Å². The maximum Gasteiger partial charge on any atom is 0.243 e. The lowest BCUT2D eigenvalue weighted by atomic mass is 10.1. The molecule has 2 heterocycles. The number of aryl methyl sites for hydroxylation is 1. The zero-order chi connectivity index (χ0) is 14.7. The van der Waals surface area contributed by atoms with Crippen molar-refractivity contribution in [2.45, 2.75) is 6.04 Å². The molecule has 118 valence electrons. The van der Waals surface area contributed by atoms with Crippen LogP contribution in [0.4, 0.5) is 5.69 Å². The van der Waals surface area contributed by atoms with Crippen molar-refractivity contribution in [3.63, 3.8) is 0 Å². The first-order valence-electron chi connectivity index (χ1n) is 6.69. The summed E-state index contributed by atoms with van der Waals surface area (Å²) in [5.41, 5.74) is 1.54. The summed E-state index contributed by atoms with van der Waals surface area (Å²) in [4.78, 5) is 12.1. The van der Waals surface area contributed by atoms with Crippen LogP contribution in [0.2, 0.25) is 0 Å². The molecule has 0 spiro atoms. The molecule has 1 atom stereocenters. The molecule has 0 bridgehead atoms. The fraction of sp³-hybridized carbons (Fsp3) is 0.385. The molecule has 2 N–H and O–H groups in total. The summed E-state index contributed by atoms with van der Waals surface area (Å²) in [6.07, 6.45) is 0. The number of anilines is 1. The number of aromatic nitrogens is 4. The highest BCUT2D eigenvalue weighted by atomic mass is 35.5. The minimum Gasteiger partial charge on any atom is -0.378 e. The maximum absolute atomic E-state index is 12.1. The van der Waals surface area contributed by atoms with E-state index in [-0.39, 0.29) is 24.4 Å². The molecular formula is C13H17ClN6O2. The molecule has 0 aliphatic carbocycles. The normalized spacial score (nSPS) is 17.6. The number of halogens is 1. The Bertz CT molecular complexity index is 641. The van der Waals surface area contributed by atoms with Gasteiger partial charge in [-0.15, -0.1) is 17.5 Å². The van der Waals surface area contributed by atoms with Crippen LogP contribution < -0.4 is 10.6 Å². The highest BCUT2D eigenvalue weighted by Gasteiger charge is 2.21. The molecule has 0 radical (unpaired) electrons. The molecule has 1 fully saturated rings. The number of hydrogen-bond donors (Lipinski definition) is 2. The number of carbonyl (C=O) groups is 1. The number of rotatable bonds is 3. The maximum atomic E-state index is 12.1.